The van der Waals surface area contributed by atoms with Crippen LogP contribution in [0.2, 0.25) is 0 Å². The summed E-state index contributed by atoms with van der Waals surface area (Å²) < 4.78 is 59.8. The molecule has 0 atom stereocenters. The van der Waals surface area contributed by atoms with Gasteiger partial charge in [-0.1, -0.05) is 0 Å². The molecule has 0 aliphatic heterocycles. The molecule has 0 radical (unpaired) electrons. The molecule has 4 aromatic rings. The Morgan fingerprint density at radius 1 is 1.17 bits per heavy atom. The molecule has 0 aliphatic rings. The first-order valence-corrected chi connectivity index (χ1v) is 8.28. The van der Waals surface area contributed by atoms with Gasteiger partial charge in [0.05, 0.1) is 4.92 Å². The molecule has 4 aromatic heterocycles. The third-order valence-corrected chi connectivity index (χ3v) is 3.99. The number of aryl methyl sites for hydroxylation is 2. The topological polar surface area (TPSA) is 130 Å². The minimum atomic E-state index is -3.06. The summed E-state index contributed by atoms with van der Waals surface area (Å²) in [6.45, 7) is 0.204. The predicted molar refractivity (Wildman–Crippen MR) is 88.8 cm³/mol. The monoisotopic (exact) mass is 426 g/mol. The number of nitrogens with zero attached hydrogens (tertiary/aromatic N) is 8. The Balaban J connectivity index is 1.57. The van der Waals surface area contributed by atoms with Crippen LogP contribution in [0.15, 0.2) is 28.9 Å². The summed E-state index contributed by atoms with van der Waals surface area (Å²) in [7, 11) is 0. The molecule has 0 amide bonds. The van der Waals surface area contributed by atoms with E-state index in [0.29, 0.717) is 6.07 Å². The molecular weight excluding hydrogens is 416 g/mol. The zero-order chi connectivity index (χ0) is 21.4. The lowest BCUT2D eigenvalue weighted by atomic mass is 10.3. The van der Waals surface area contributed by atoms with Gasteiger partial charge in [0.25, 0.3) is 18.7 Å². The maximum absolute atomic E-state index is 13.2. The molecule has 0 aliphatic carbocycles. The SMILES string of the molecule is O=[N+]([O-])c1cnn(CCc2nnc(-c3cc4nc(C(F)F)cc(C(F)F)n4n3)o2)c1. The second-order valence-electron chi connectivity index (χ2n) is 5.98. The molecule has 0 aromatic carbocycles. The first-order valence-electron chi connectivity index (χ1n) is 8.28. The van der Waals surface area contributed by atoms with Crippen molar-refractivity contribution in [2.45, 2.75) is 25.8 Å². The van der Waals surface area contributed by atoms with Gasteiger partial charge in [0.15, 0.2) is 11.3 Å². The van der Waals surface area contributed by atoms with Gasteiger partial charge in [0, 0.05) is 19.0 Å². The fourth-order valence-corrected chi connectivity index (χ4v) is 2.63. The van der Waals surface area contributed by atoms with Crippen molar-refractivity contribution in [1.29, 1.82) is 0 Å². The first kappa shape index (κ1) is 19.4. The third kappa shape index (κ3) is 3.68. The van der Waals surface area contributed by atoms with E-state index in [1.165, 1.54) is 16.9 Å². The van der Waals surface area contributed by atoms with Crippen molar-refractivity contribution in [3.8, 4) is 11.6 Å². The lowest BCUT2D eigenvalue weighted by molar-refractivity contribution is -0.385. The molecule has 4 rings (SSSR count). The van der Waals surface area contributed by atoms with Gasteiger partial charge < -0.3 is 4.42 Å². The van der Waals surface area contributed by atoms with Crippen LogP contribution in [0.25, 0.3) is 17.2 Å². The molecular formula is C15H10F4N8O3. The normalized spacial score (nSPS) is 11.8. The Morgan fingerprint density at radius 2 is 1.97 bits per heavy atom. The first-order chi connectivity index (χ1) is 14.3. The Labute approximate surface area is 163 Å². The van der Waals surface area contributed by atoms with Crippen LogP contribution >= 0.6 is 0 Å². The van der Waals surface area contributed by atoms with Crippen molar-refractivity contribution in [1.82, 2.24) is 34.6 Å². The Hall–Kier alpha value is -3.91. The van der Waals surface area contributed by atoms with E-state index in [0.717, 1.165) is 10.7 Å². The van der Waals surface area contributed by atoms with Crippen LogP contribution in [-0.2, 0) is 13.0 Å². The standard InChI is InChI=1S/C15H10F4N8O3/c16-13(17)8-3-10(14(18)19)26-11(21-8)4-9(24-26)15-23-22-12(30-15)1-2-25-6-7(5-20-25)27(28)29/h3-6,13-14H,1-2H2. The maximum Gasteiger partial charge on any atom is 0.306 e. The highest BCUT2D eigenvalue weighted by Crippen LogP contribution is 2.27. The van der Waals surface area contributed by atoms with Gasteiger partial charge in [-0.3, -0.25) is 14.8 Å². The molecule has 30 heavy (non-hydrogen) atoms. The number of fused-ring (bicyclic) bond motifs is 1. The summed E-state index contributed by atoms with van der Waals surface area (Å²) in [6, 6.07) is 1.76. The van der Waals surface area contributed by atoms with Crippen LogP contribution in [0, 0.1) is 10.1 Å². The van der Waals surface area contributed by atoms with Gasteiger partial charge >= 0.3 is 5.69 Å². The van der Waals surface area contributed by atoms with Gasteiger partial charge in [0.1, 0.15) is 23.8 Å². The minimum Gasteiger partial charge on any atom is -0.419 e. The van der Waals surface area contributed by atoms with Gasteiger partial charge in [-0.2, -0.15) is 10.2 Å². The van der Waals surface area contributed by atoms with E-state index >= 15 is 0 Å². The summed E-state index contributed by atoms with van der Waals surface area (Å²) in [4.78, 5) is 13.7. The summed E-state index contributed by atoms with van der Waals surface area (Å²) in [5.74, 6) is 0.0104. The predicted octanol–water partition coefficient (Wildman–Crippen LogP) is 3.00. The van der Waals surface area contributed by atoms with Crippen LogP contribution in [0.3, 0.4) is 0 Å². The van der Waals surface area contributed by atoms with E-state index in [1.807, 2.05) is 0 Å². The van der Waals surface area contributed by atoms with Crippen LogP contribution in [-0.4, -0.2) is 39.5 Å². The molecule has 0 saturated heterocycles. The van der Waals surface area contributed by atoms with Gasteiger partial charge in [0.2, 0.25) is 5.89 Å². The molecule has 0 unspecified atom stereocenters. The van der Waals surface area contributed by atoms with E-state index < -0.39 is 29.2 Å². The lowest BCUT2D eigenvalue weighted by Gasteiger charge is -2.06. The lowest BCUT2D eigenvalue weighted by Crippen LogP contribution is -2.04. The van der Waals surface area contributed by atoms with Crippen LogP contribution < -0.4 is 0 Å². The summed E-state index contributed by atoms with van der Waals surface area (Å²) in [6.07, 6.45) is -3.58. The molecule has 0 bridgehead atoms. The smallest absolute Gasteiger partial charge is 0.306 e. The second-order valence-corrected chi connectivity index (χ2v) is 5.98. The van der Waals surface area contributed by atoms with Crippen molar-refractivity contribution in [3.63, 3.8) is 0 Å². The Bertz CT molecular complexity index is 1220. The number of nitro groups is 1. The number of rotatable bonds is 7. The molecule has 0 fully saturated rings. The minimum absolute atomic E-state index is 0.0238. The largest absolute Gasteiger partial charge is 0.419 e. The zero-order valence-corrected chi connectivity index (χ0v) is 14.7. The fraction of sp³-hybridized carbons (Fsp3) is 0.267. The van der Waals surface area contributed by atoms with Gasteiger partial charge in [-0.05, 0) is 6.07 Å². The molecule has 4 heterocycles. The molecule has 15 heteroatoms. The average molecular weight is 426 g/mol. The van der Waals surface area contributed by atoms with E-state index in [4.69, 9.17) is 4.42 Å². The Morgan fingerprint density at radius 3 is 2.63 bits per heavy atom. The molecule has 0 saturated carbocycles. The van der Waals surface area contributed by atoms with Gasteiger partial charge in [-0.15, -0.1) is 10.2 Å². The number of alkyl halides is 4. The van der Waals surface area contributed by atoms with Crippen molar-refractivity contribution >= 4 is 11.3 Å². The number of halogens is 4. The van der Waals surface area contributed by atoms with Crippen molar-refractivity contribution in [2.24, 2.45) is 0 Å². The summed E-state index contributed by atoms with van der Waals surface area (Å²) in [5, 5.41) is 25.9. The summed E-state index contributed by atoms with van der Waals surface area (Å²) in [5.41, 5.74) is -1.97. The van der Waals surface area contributed by atoms with Crippen LogP contribution in [0.5, 0.6) is 0 Å². The fourth-order valence-electron chi connectivity index (χ4n) is 2.63. The number of aromatic nitrogens is 7. The van der Waals surface area contributed by atoms with E-state index in [2.05, 4.69) is 25.4 Å². The third-order valence-electron chi connectivity index (χ3n) is 3.99. The number of hydrogen-bond acceptors (Lipinski definition) is 8. The summed E-state index contributed by atoms with van der Waals surface area (Å²) >= 11 is 0. The van der Waals surface area contributed by atoms with E-state index in [1.54, 1.807) is 0 Å². The molecule has 0 N–H and O–H groups in total. The van der Waals surface area contributed by atoms with Crippen LogP contribution in [0.1, 0.15) is 30.1 Å². The molecule has 11 nitrogen and oxygen atoms in total. The molecule has 156 valence electrons. The average Bonchev–Trinajstić information content (AvgIpc) is 3.43. The Kier molecular flexibility index (Phi) is 4.85. The van der Waals surface area contributed by atoms with E-state index in [-0.39, 0.29) is 41.8 Å². The number of hydrogen-bond donors (Lipinski definition) is 0. The van der Waals surface area contributed by atoms with E-state index in [9.17, 15) is 27.7 Å². The second kappa shape index (κ2) is 7.49. The quantitative estimate of drug-likeness (QED) is 0.250. The highest BCUT2D eigenvalue weighted by Gasteiger charge is 2.22. The zero-order valence-electron chi connectivity index (χ0n) is 14.7. The van der Waals surface area contributed by atoms with Crippen molar-refractivity contribution in [2.75, 3.05) is 0 Å². The highest BCUT2D eigenvalue weighted by atomic mass is 19.3. The molecule has 0 spiro atoms. The highest BCUT2D eigenvalue weighted by molar-refractivity contribution is 5.56. The van der Waals surface area contributed by atoms with Gasteiger partial charge in [-0.25, -0.2) is 27.1 Å². The maximum atomic E-state index is 13.2. The van der Waals surface area contributed by atoms with Crippen LogP contribution in [0.4, 0.5) is 23.2 Å². The van der Waals surface area contributed by atoms with Crippen molar-refractivity contribution < 1.29 is 26.9 Å². The van der Waals surface area contributed by atoms with Crippen molar-refractivity contribution in [3.05, 3.63) is 51.9 Å².